The van der Waals surface area contributed by atoms with Gasteiger partial charge in [-0.25, -0.2) is 0 Å². The quantitative estimate of drug-likeness (QED) is 0.662. The van der Waals surface area contributed by atoms with Gasteiger partial charge in [-0.2, -0.15) is 4.98 Å². The average Bonchev–Trinajstić information content (AvgIpc) is 3.27. The van der Waals surface area contributed by atoms with Crippen molar-refractivity contribution in [1.29, 1.82) is 0 Å². The number of nitrogens with one attached hydrogen (secondary N) is 1. The maximum Gasteiger partial charge on any atom is 0.226 e. The molecule has 0 saturated carbocycles. The monoisotopic (exact) mass is 386 g/mol. The number of carbonyl (C=O) groups excluding carboxylic acids is 1. The van der Waals surface area contributed by atoms with Crippen LogP contribution in [0.1, 0.15) is 45.3 Å². The predicted octanol–water partition coefficient (Wildman–Crippen LogP) is 4.77. The zero-order valence-electron chi connectivity index (χ0n) is 15.7. The van der Waals surface area contributed by atoms with Crippen LogP contribution in [0.15, 0.2) is 47.2 Å². The fourth-order valence-corrected chi connectivity index (χ4v) is 2.76. The lowest BCUT2D eigenvalue weighted by Crippen LogP contribution is -2.14. The number of hydrogen-bond donors (Lipinski definition) is 1. The van der Waals surface area contributed by atoms with Crippen molar-refractivity contribution >= 4 is 23.2 Å². The Morgan fingerprint density at radius 3 is 2.67 bits per heavy atom. The number of halogens is 1. The third kappa shape index (κ3) is 4.98. The summed E-state index contributed by atoms with van der Waals surface area (Å²) in [6, 6.07) is 9.23. The van der Waals surface area contributed by atoms with Gasteiger partial charge in [-0.1, -0.05) is 37.5 Å². The number of amides is 1. The van der Waals surface area contributed by atoms with Crippen molar-refractivity contribution < 1.29 is 9.32 Å². The van der Waals surface area contributed by atoms with Crippen molar-refractivity contribution in [2.45, 2.75) is 45.4 Å². The lowest BCUT2D eigenvalue weighted by Gasteiger charge is -2.12. The van der Waals surface area contributed by atoms with Crippen LogP contribution in [0.2, 0.25) is 5.02 Å². The summed E-state index contributed by atoms with van der Waals surface area (Å²) in [7, 11) is 0. The average molecular weight is 387 g/mol. The zero-order chi connectivity index (χ0) is 19.4. The Hall–Kier alpha value is -2.60. The van der Waals surface area contributed by atoms with Crippen LogP contribution in [0.3, 0.4) is 0 Å². The first-order valence-electron chi connectivity index (χ1n) is 8.89. The summed E-state index contributed by atoms with van der Waals surface area (Å²) >= 11 is 6.11. The predicted molar refractivity (Wildman–Crippen MR) is 105 cm³/mol. The molecule has 27 heavy (non-hydrogen) atoms. The molecule has 7 heteroatoms. The Kier molecular flexibility index (Phi) is 5.65. The van der Waals surface area contributed by atoms with Crippen molar-refractivity contribution in [1.82, 2.24) is 14.7 Å². The van der Waals surface area contributed by atoms with Crippen molar-refractivity contribution in [3.63, 3.8) is 0 Å². The van der Waals surface area contributed by atoms with Crippen LogP contribution in [0.25, 0.3) is 5.69 Å². The van der Waals surface area contributed by atoms with Crippen molar-refractivity contribution in [3.8, 4) is 5.69 Å². The van der Waals surface area contributed by atoms with E-state index in [2.05, 4.69) is 15.5 Å². The largest absolute Gasteiger partial charge is 0.339 e. The molecule has 0 saturated heterocycles. The van der Waals surface area contributed by atoms with Gasteiger partial charge in [-0.05, 0) is 36.8 Å². The summed E-state index contributed by atoms with van der Waals surface area (Å²) in [4.78, 5) is 16.7. The second-order valence-corrected chi connectivity index (χ2v) is 7.85. The summed E-state index contributed by atoms with van der Waals surface area (Å²) in [5, 5.41) is 7.57. The molecular formula is C20H23ClN4O2. The highest BCUT2D eigenvalue weighted by Crippen LogP contribution is 2.25. The number of rotatable bonds is 6. The molecule has 3 aromatic rings. The third-order valence-electron chi connectivity index (χ3n) is 4.05. The molecule has 1 N–H and O–H groups in total. The molecule has 1 aromatic carbocycles. The van der Waals surface area contributed by atoms with E-state index in [-0.39, 0.29) is 11.3 Å². The van der Waals surface area contributed by atoms with Crippen LogP contribution in [-0.4, -0.2) is 20.6 Å². The van der Waals surface area contributed by atoms with Crippen LogP contribution in [0.4, 0.5) is 5.69 Å². The first kappa shape index (κ1) is 19.2. The smallest absolute Gasteiger partial charge is 0.226 e. The normalized spacial score (nSPS) is 11.6. The Balaban J connectivity index is 1.58. The number of nitrogens with zero attached hydrogens (tertiary/aromatic N) is 3. The Bertz CT molecular complexity index is 910. The van der Waals surface area contributed by atoms with Gasteiger partial charge in [0.15, 0.2) is 5.82 Å². The van der Waals surface area contributed by atoms with Gasteiger partial charge in [0.1, 0.15) is 0 Å². The van der Waals surface area contributed by atoms with Gasteiger partial charge >= 0.3 is 0 Å². The number of carbonyl (C=O) groups is 1. The second kappa shape index (κ2) is 7.96. The molecule has 0 atom stereocenters. The van der Waals surface area contributed by atoms with E-state index in [1.165, 1.54) is 0 Å². The minimum absolute atomic E-state index is 0.0683. The summed E-state index contributed by atoms with van der Waals surface area (Å²) < 4.78 is 7.17. The number of anilines is 1. The standard InChI is InChI=1S/C20H23ClN4O2/c1-20(2,3)19-23-18(27-24-19)8-6-7-17(26)22-15-10-9-14(21)13-16(15)25-11-4-5-12-25/h4-5,9-13H,6-8H2,1-3H3,(H,22,26). The number of benzene rings is 1. The van der Waals surface area contributed by atoms with Crippen LogP contribution in [0.5, 0.6) is 0 Å². The molecule has 6 nitrogen and oxygen atoms in total. The molecule has 0 aliphatic rings. The number of aromatic nitrogens is 3. The van der Waals surface area contributed by atoms with Crippen molar-refractivity contribution in [2.75, 3.05) is 5.32 Å². The second-order valence-electron chi connectivity index (χ2n) is 7.42. The minimum Gasteiger partial charge on any atom is -0.339 e. The summed E-state index contributed by atoms with van der Waals surface area (Å²) in [5.41, 5.74) is 1.39. The molecule has 0 aliphatic carbocycles. The highest BCUT2D eigenvalue weighted by molar-refractivity contribution is 6.30. The van der Waals surface area contributed by atoms with Gasteiger partial charge in [0, 0.05) is 35.7 Å². The molecule has 0 radical (unpaired) electrons. The lowest BCUT2D eigenvalue weighted by atomic mass is 9.96. The van der Waals surface area contributed by atoms with Crippen LogP contribution < -0.4 is 5.32 Å². The molecule has 0 aliphatic heterocycles. The van der Waals surface area contributed by atoms with Gasteiger partial charge < -0.3 is 14.4 Å². The Morgan fingerprint density at radius 1 is 1.26 bits per heavy atom. The van der Waals surface area contributed by atoms with Gasteiger partial charge in [-0.3, -0.25) is 4.79 Å². The first-order valence-corrected chi connectivity index (χ1v) is 9.26. The van der Waals surface area contributed by atoms with E-state index < -0.39 is 0 Å². The van der Waals surface area contributed by atoms with Crippen LogP contribution in [0, 0.1) is 0 Å². The fourth-order valence-electron chi connectivity index (χ4n) is 2.59. The van der Waals surface area contributed by atoms with E-state index >= 15 is 0 Å². The van der Waals surface area contributed by atoms with E-state index in [4.69, 9.17) is 16.1 Å². The van der Waals surface area contributed by atoms with Gasteiger partial charge in [0.2, 0.25) is 11.8 Å². The SMILES string of the molecule is CC(C)(C)c1noc(CCCC(=O)Nc2ccc(Cl)cc2-n2cccc2)n1. The van der Waals surface area contributed by atoms with E-state index in [0.29, 0.717) is 41.7 Å². The molecule has 0 spiro atoms. The van der Waals surface area contributed by atoms with Crippen molar-refractivity contribution in [3.05, 3.63) is 59.5 Å². The fraction of sp³-hybridized carbons (Fsp3) is 0.350. The molecule has 2 heterocycles. The van der Waals surface area contributed by atoms with E-state index in [0.717, 1.165) is 5.69 Å². The van der Waals surface area contributed by atoms with Gasteiger partial charge in [-0.15, -0.1) is 0 Å². The maximum atomic E-state index is 12.4. The summed E-state index contributed by atoms with van der Waals surface area (Å²) in [5.74, 6) is 1.17. The number of aryl methyl sites for hydroxylation is 1. The van der Waals surface area contributed by atoms with Crippen LogP contribution >= 0.6 is 11.6 Å². The molecule has 142 valence electrons. The lowest BCUT2D eigenvalue weighted by molar-refractivity contribution is -0.116. The molecule has 0 bridgehead atoms. The summed E-state index contributed by atoms with van der Waals surface area (Å²) in [6.45, 7) is 6.09. The first-order chi connectivity index (χ1) is 12.8. The van der Waals surface area contributed by atoms with Gasteiger partial charge in [0.25, 0.3) is 0 Å². The van der Waals surface area contributed by atoms with Crippen LogP contribution in [-0.2, 0) is 16.6 Å². The third-order valence-corrected chi connectivity index (χ3v) is 4.28. The summed E-state index contributed by atoms with van der Waals surface area (Å²) in [6.07, 6.45) is 5.38. The molecule has 0 fully saturated rings. The molecule has 3 rings (SSSR count). The van der Waals surface area contributed by atoms with E-state index in [1.54, 1.807) is 6.07 Å². The Labute approximate surface area is 163 Å². The van der Waals surface area contributed by atoms with E-state index in [1.807, 2.05) is 62.0 Å². The maximum absolute atomic E-state index is 12.4. The highest BCUT2D eigenvalue weighted by Gasteiger charge is 2.20. The van der Waals surface area contributed by atoms with Gasteiger partial charge in [0.05, 0.1) is 11.4 Å². The topological polar surface area (TPSA) is 73.0 Å². The molecule has 0 unspecified atom stereocenters. The number of hydrogen-bond acceptors (Lipinski definition) is 4. The molecular weight excluding hydrogens is 364 g/mol. The minimum atomic E-state index is -0.150. The zero-order valence-corrected chi connectivity index (χ0v) is 16.5. The molecule has 2 aromatic heterocycles. The highest BCUT2D eigenvalue weighted by atomic mass is 35.5. The van der Waals surface area contributed by atoms with E-state index in [9.17, 15) is 4.79 Å². The molecule has 1 amide bonds. The van der Waals surface area contributed by atoms with Crippen molar-refractivity contribution in [2.24, 2.45) is 0 Å². The Morgan fingerprint density at radius 2 is 2.00 bits per heavy atom.